The number of hydrogen-bond donors (Lipinski definition) is 0. The Kier molecular flexibility index (Phi) is 7.74. The van der Waals surface area contributed by atoms with Crippen molar-refractivity contribution < 1.29 is 0 Å². The third-order valence-electron chi connectivity index (χ3n) is 12.4. The highest BCUT2D eigenvalue weighted by Gasteiger charge is 2.20. The van der Waals surface area contributed by atoms with Crippen molar-refractivity contribution in [3.63, 3.8) is 0 Å². The van der Waals surface area contributed by atoms with Crippen LogP contribution >= 0.6 is 11.3 Å². The van der Waals surface area contributed by atoms with Gasteiger partial charge in [-0.2, -0.15) is 0 Å². The van der Waals surface area contributed by atoms with E-state index >= 15 is 0 Å². The normalized spacial score (nSPS) is 11.9. The van der Waals surface area contributed by atoms with Gasteiger partial charge in [0.25, 0.3) is 0 Å². The lowest BCUT2D eigenvalue weighted by Gasteiger charge is -2.12. The van der Waals surface area contributed by atoms with Crippen LogP contribution in [0.2, 0.25) is 0 Å². The second-order valence-electron chi connectivity index (χ2n) is 15.9. The van der Waals surface area contributed by atoms with Crippen molar-refractivity contribution >= 4 is 85.6 Å². The lowest BCUT2D eigenvalue weighted by Crippen LogP contribution is -2.00. The Morgan fingerprint density at radius 1 is 0.306 bits per heavy atom. The van der Waals surface area contributed by atoms with Gasteiger partial charge in [0.15, 0.2) is 17.5 Å². The maximum absolute atomic E-state index is 5.33. The summed E-state index contributed by atoms with van der Waals surface area (Å²) in [6, 6.07) is 73.9. The number of thiophene rings is 1. The molecule has 3 heterocycles. The lowest BCUT2D eigenvalue weighted by molar-refractivity contribution is 1.08. The molecule has 0 radical (unpaired) electrons. The molecule has 0 unspecified atom stereocenters. The van der Waals surface area contributed by atoms with Gasteiger partial charge in [-0.05, 0) is 104 Å². The molecular formula is C57H34N4S. The molecule has 3 aromatic heterocycles. The maximum Gasteiger partial charge on any atom is 0.164 e. The van der Waals surface area contributed by atoms with Crippen LogP contribution < -0.4 is 0 Å². The van der Waals surface area contributed by atoms with Crippen molar-refractivity contribution in [1.82, 2.24) is 19.5 Å². The Hall–Kier alpha value is -7.99. The van der Waals surface area contributed by atoms with Crippen molar-refractivity contribution in [1.29, 1.82) is 0 Å². The first-order valence-corrected chi connectivity index (χ1v) is 21.7. The van der Waals surface area contributed by atoms with Crippen LogP contribution in [0.15, 0.2) is 206 Å². The van der Waals surface area contributed by atoms with Crippen molar-refractivity contribution in [2.75, 3.05) is 0 Å². The Morgan fingerprint density at radius 2 is 0.839 bits per heavy atom. The Bertz CT molecular complexity index is 3890. The molecule has 0 fully saturated rings. The molecular weight excluding hydrogens is 773 g/mol. The van der Waals surface area contributed by atoms with Crippen LogP contribution in [0.1, 0.15) is 0 Å². The summed E-state index contributed by atoms with van der Waals surface area (Å²) in [5, 5.41) is 12.3. The predicted molar refractivity (Wildman–Crippen MR) is 261 cm³/mol. The van der Waals surface area contributed by atoms with Gasteiger partial charge < -0.3 is 4.57 Å². The smallest absolute Gasteiger partial charge is 0.164 e. The molecule has 288 valence electrons. The summed E-state index contributed by atoms with van der Waals surface area (Å²) in [6.07, 6.45) is 0. The summed E-state index contributed by atoms with van der Waals surface area (Å²) >= 11 is 1.81. The molecule has 0 saturated heterocycles. The number of fused-ring (bicyclic) bond motifs is 12. The molecule has 4 nitrogen and oxygen atoms in total. The second kappa shape index (κ2) is 13.8. The molecule has 5 heteroatoms. The Balaban J connectivity index is 0.999. The van der Waals surface area contributed by atoms with E-state index in [9.17, 15) is 0 Å². The topological polar surface area (TPSA) is 43.6 Å². The minimum atomic E-state index is 0.639. The minimum absolute atomic E-state index is 0.639. The fraction of sp³-hybridized carbons (Fsp3) is 0. The third kappa shape index (κ3) is 5.42. The van der Waals surface area contributed by atoms with E-state index in [1.54, 1.807) is 0 Å². The van der Waals surface area contributed by atoms with Crippen molar-refractivity contribution in [3.05, 3.63) is 206 Å². The Labute approximate surface area is 360 Å². The molecule has 0 bridgehead atoms. The fourth-order valence-corrected chi connectivity index (χ4v) is 10.7. The van der Waals surface area contributed by atoms with Crippen LogP contribution in [0.4, 0.5) is 0 Å². The summed E-state index contributed by atoms with van der Waals surface area (Å²) in [4.78, 5) is 15.7. The van der Waals surface area contributed by atoms with Gasteiger partial charge in [-0.25, -0.2) is 15.0 Å². The van der Waals surface area contributed by atoms with Crippen molar-refractivity contribution in [2.24, 2.45) is 0 Å². The first kappa shape index (κ1) is 34.8. The van der Waals surface area contributed by atoms with Gasteiger partial charge in [-0.1, -0.05) is 146 Å². The van der Waals surface area contributed by atoms with Crippen LogP contribution in [-0.4, -0.2) is 19.5 Å². The molecule has 0 amide bonds. The highest BCUT2D eigenvalue weighted by molar-refractivity contribution is 7.26. The Morgan fingerprint density at radius 3 is 1.58 bits per heavy atom. The zero-order valence-electron chi connectivity index (χ0n) is 33.3. The van der Waals surface area contributed by atoms with Crippen LogP contribution in [0.3, 0.4) is 0 Å². The second-order valence-corrected chi connectivity index (χ2v) is 17.0. The number of benzene rings is 10. The molecule has 13 aromatic rings. The van der Waals surface area contributed by atoms with E-state index < -0.39 is 0 Å². The van der Waals surface area contributed by atoms with E-state index in [1.807, 2.05) is 29.5 Å². The number of nitrogens with zero attached hydrogens (tertiary/aromatic N) is 4. The molecule has 0 aliphatic carbocycles. The SMILES string of the molecule is c1ccc(-c2nc(-c3ccc4c(c3)c3ccccc3n4-c3ccccc3)nc(-c3cccc4sc5ccc(-c6ccc7c8ccccc8c8ccccc8c7c6)cc5c34)n2)cc1. The predicted octanol–water partition coefficient (Wildman–Crippen LogP) is 15.5. The van der Waals surface area contributed by atoms with Gasteiger partial charge in [0.1, 0.15) is 0 Å². The molecule has 0 aliphatic heterocycles. The van der Waals surface area contributed by atoms with E-state index in [1.165, 1.54) is 63.6 Å². The molecule has 62 heavy (non-hydrogen) atoms. The summed E-state index contributed by atoms with van der Waals surface area (Å²) in [7, 11) is 0. The monoisotopic (exact) mass is 806 g/mol. The number of rotatable bonds is 5. The van der Waals surface area contributed by atoms with Crippen LogP contribution in [0, 0.1) is 0 Å². The largest absolute Gasteiger partial charge is 0.309 e. The highest BCUT2D eigenvalue weighted by Crippen LogP contribution is 2.43. The summed E-state index contributed by atoms with van der Waals surface area (Å²) in [5.41, 5.74) is 8.66. The first-order chi connectivity index (χ1) is 30.7. The van der Waals surface area contributed by atoms with Gasteiger partial charge in [-0.3, -0.25) is 0 Å². The molecule has 0 aliphatic rings. The number of aromatic nitrogens is 4. The average molecular weight is 807 g/mol. The quantitative estimate of drug-likeness (QED) is 0.163. The van der Waals surface area contributed by atoms with E-state index in [2.05, 4.69) is 193 Å². The first-order valence-electron chi connectivity index (χ1n) is 20.9. The van der Waals surface area contributed by atoms with Crippen LogP contribution in [0.25, 0.3) is 125 Å². The van der Waals surface area contributed by atoms with E-state index in [0.29, 0.717) is 17.5 Å². The zero-order chi connectivity index (χ0) is 40.7. The van der Waals surface area contributed by atoms with Crippen molar-refractivity contribution in [2.45, 2.75) is 0 Å². The van der Waals surface area contributed by atoms with Crippen molar-refractivity contribution in [3.8, 4) is 51.0 Å². The summed E-state index contributed by atoms with van der Waals surface area (Å²) < 4.78 is 4.76. The molecule has 10 aromatic carbocycles. The lowest BCUT2D eigenvalue weighted by atomic mass is 9.92. The van der Waals surface area contributed by atoms with Gasteiger partial charge >= 0.3 is 0 Å². The average Bonchev–Trinajstić information content (AvgIpc) is 3.89. The van der Waals surface area contributed by atoms with Gasteiger partial charge in [0.2, 0.25) is 0 Å². The number of hydrogen-bond acceptors (Lipinski definition) is 4. The molecule has 0 saturated carbocycles. The van der Waals surface area contributed by atoms with Gasteiger partial charge in [0, 0.05) is 53.3 Å². The third-order valence-corrected chi connectivity index (χ3v) is 13.6. The standard InChI is InChI=1S/C57H34N4S/c1-3-14-35(15-4-1)55-58-56(38-27-30-51-48(34-38)45-22-11-12-24-50(45)61(51)39-16-5-2-6-17-39)60-57(59-55)46-23-13-25-53-54(46)49-33-37(28-31-52(49)62-53)36-26-29-44-42-20-8-7-18-40(42)41-19-9-10-21-43(41)47(44)32-36/h1-34H. The van der Waals surface area contributed by atoms with Gasteiger partial charge in [0.05, 0.1) is 11.0 Å². The molecule has 13 rings (SSSR count). The molecule has 0 N–H and O–H groups in total. The molecule has 0 spiro atoms. The van der Waals surface area contributed by atoms with E-state index in [4.69, 9.17) is 15.0 Å². The minimum Gasteiger partial charge on any atom is -0.309 e. The van der Waals surface area contributed by atoms with E-state index in [-0.39, 0.29) is 0 Å². The maximum atomic E-state index is 5.33. The van der Waals surface area contributed by atoms with Gasteiger partial charge in [-0.15, -0.1) is 11.3 Å². The number of para-hydroxylation sites is 2. The van der Waals surface area contributed by atoms with Crippen LogP contribution in [0.5, 0.6) is 0 Å². The summed E-state index contributed by atoms with van der Waals surface area (Å²) in [6.45, 7) is 0. The molecule has 0 atom stereocenters. The van der Waals surface area contributed by atoms with Crippen LogP contribution in [-0.2, 0) is 0 Å². The highest BCUT2D eigenvalue weighted by atomic mass is 32.1. The summed E-state index contributed by atoms with van der Waals surface area (Å²) in [5.74, 6) is 1.94. The zero-order valence-corrected chi connectivity index (χ0v) is 34.1. The van der Waals surface area contributed by atoms with E-state index in [0.717, 1.165) is 44.2 Å². The fourth-order valence-electron chi connectivity index (χ4n) is 9.59.